The Morgan fingerprint density at radius 3 is 2.19 bits per heavy atom. The maximum atomic E-state index is 11.7. The fourth-order valence-electron chi connectivity index (χ4n) is 0.970. The van der Waals surface area contributed by atoms with Gasteiger partial charge >= 0.3 is 5.97 Å². The smallest absolute Gasteiger partial charge is 0.316 e. The standard InChI is InChI=1S/C10H20O4S2/c1-5-8(9(11)12)15-6-7-16(13,14)10(2,3)4/h8H,5-7H2,1-4H3,(H,11,12). The van der Waals surface area contributed by atoms with Gasteiger partial charge in [0.05, 0.1) is 10.5 Å². The first-order chi connectivity index (χ1) is 7.12. The summed E-state index contributed by atoms with van der Waals surface area (Å²) < 4.78 is 22.7. The molecular weight excluding hydrogens is 248 g/mol. The Morgan fingerprint density at radius 2 is 1.88 bits per heavy atom. The minimum Gasteiger partial charge on any atom is -0.480 e. The minimum atomic E-state index is -3.14. The van der Waals surface area contributed by atoms with Crippen LogP contribution in [-0.4, -0.2) is 41.0 Å². The van der Waals surface area contributed by atoms with Crippen molar-refractivity contribution in [1.82, 2.24) is 0 Å². The van der Waals surface area contributed by atoms with Crippen LogP contribution in [0.25, 0.3) is 0 Å². The van der Waals surface area contributed by atoms with Gasteiger partial charge in [0.25, 0.3) is 0 Å². The molecule has 0 radical (unpaired) electrons. The largest absolute Gasteiger partial charge is 0.480 e. The molecule has 0 aromatic rings. The van der Waals surface area contributed by atoms with Crippen molar-refractivity contribution in [3.63, 3.8) is 0 Å². The normalized spacial score (nSPS) is 14.8. The van der Waals surface area contributed by atoms with Gasteiger partial charge in [-0.2, -0.15) is 0 Å². The van der Waals surface area contributed by atoms with E-state index in [4.69, 9.17) is 5.11 Å². The van der Waals surface area contributed by atoms with Crippen molar-refractivity contribution >= 4 is 27.6 Å². The molecule has 0 aromatic heterocycles. The summed E-state index contributed by atoms with van der Waals surface area (Å²) in [6, 6.07) is 0. The molecule has 1 N–H and O–H groups in total. The van der Waals surface area contributed by atoms with E-state index in [1.54, 1.807) is 27.7 Å². The van der Waals surface area contributed by atoms with Gasteiger partial charge in [0, 0.05) is 5.75 Å². The van der Waals surface area contributed by atoms with Crippen LogP contribution >= 0.6 is 11.8 Å². The van der Waals surface area contributed by atoms with Crippen molar-refractivity contribution in [2.45, 2.75) is 44.1 Å². The number of carboxylic acid groups (broad SMARTS) is 1. The first-order valence-corrected chi connectivity index (χ1v) is 7.88. The first kappa shape index (κ1) is 15.8. The number of hydrogen-bond donors (Lipinski definition) is 1. The van der Waals surface area contributed by atoms with Crippen LogP contribution in [-0.2, 0) is 14.6 Å². The molecule has 0 rings (SSSR count). The molecule has 16 heavy (non-hydrogen) atoms. The summed E-state index contributed by atoms with van der Waals surface area (Å²) in [5.74, 6) is -0.504. The van der Waals surface area contributed by atoms with Gasteiger partial charge in [-0.25, -0.2) is 8.42 Å². The van der Waals surface area contributed by atoms with E-state index in [2.05, 4.69) is 0 Å². The second-order valence-electron chi connectivity index (χ2n) is 4.54. The lowest BCUT2D eigenvalue weighted by Gasteiger charge is -2.19. The van der Waals surface area contributed by atoms with E-state index in [9.17, 15) is 13.2 Å². The van der Waals surface area contributed by atoms with Gasteiger partial charge in [0.15, 0.2) is 9.84 Å². The molecule has 0 amide bonds. The van der Waals surface area contributed by atoms with Crippen LogP contribution in [0.4, 0.5) is 0 Å². The molecule has 0 heterocycles. The Kier molecular flexibility index (Phi) is 5.82. The van der Waals surface area contributed by atoms with Crippen molar-refractivity contribution in [2.24, 2.45) is 0 Å². The number of sulfone groups is 1. The fraction of sp³-hybridized carbons (Fsp3) is 0.900. The summed E-state index contributed by atoms with van der Waals surface area (Å²) in [6.45, 7) is 6.74. The number of carboxylic acids is 1. The summed E-state index contributed by atoms with van der Waals surface area (Å²) >= 11 is 1.19. The fourth-order valence-corrected chi connectivity index (χ4v) is 3.51. The number of thioether (sulfide) groups is 1. The lowest BCUT2D eigenvalue weighted by molar-refractivity contribution is -0.136. The van der Waals surface area contributed by atoms with Crippen LogP contribution in [0.3, 0.4) is 0 Å². The van der Waals surface area contributed by atoms with E-state index >= 15 is 0 Å². The van der Waals surface area contributed by atoms with Crippen molar-refractivity contribution in [3.8, 4) is 0 Å². The Hall–Kier alpha value is -0.230. The van der Waals surface area contributed by atoms with Gasteiger partial charge in [0.1, 0.15) is 5.25 Å². The van der Waals surface area contributed by atoms with E-state index < -0.39 is 25.8 Å². The molecule has 0 spiro atoms. The third kappa shape index (κ3) is 4.74. The average molecular weight is 268 g/mol. The summed E-state index contributed by atoms with van der Waals surface area (Å²) in [5, 5.41) is 8.29. The van der Waals surface area contributed by atoms with Crippen LogP contribution in [0, 0.1) is 0 Å². The van der Waals surface area contributed by atoms with E-state index in [-0.39, 0.29) is 5.75 Å². The molecule has 0 fully saturated rings. The summed E-state index contributed by atoms with van der Waals surface area (Å²) in [6.07, 6.45) is 0.509. The van der Waals surface area contributed by atoms with Crippen molar-refractivity contribution in [3.05, 3.63) is 0 Å². The highest BCUT2D eigenvalue weighted by Crippen LogP contribution is 2.20. The molecule has 0 aliphatic rings. The zero-order valence-electron chi connectivity index (χ0n) is 10.2. The SMILES string of the molecule is CCC(SCCS(=O)(=O)C(C)(C)C)C(=O)O. The molecule has 0 saturated heterocycles. The maximum absolute atomic E-state index is 11.7. The predicted molar refractivity (Wildman–Crippen MR) is 67.7 cm³/mol. The highest BCUT2D eigenvalue weighted by molar-refractivity contribution is 8.02. The number of rotatable bonds is 6. The van der Waals surface area contributed by atoms with Crippen molar-refractivity contribution in [2.75, 3.05) is 11.5 Å². The molecule has 0 aliphatic carbocycles. The second kappa shape index (κ2) is 5.91. The van der Waals surface area contributed by atoms with Crippen LogP contribution in [0.5, 0.6) is 0 Å². The quantitative estimate of drug-likeness (QED) is 0.795. The minimum absolute atomic E-state index is 0.0327. The van der Waals surface area contributed by atoms with Crippen LogP contribution in [0.15, 0.2) is 0 Å². The van der Waals surface area contributed by atoms with Crippen molar-refractivity contribution in [1.29, 1.82) is 0 Å². The molecule has 1 unspecified atom stereocenters. The monoisotopic (exact) mass is 268 g/mol. The lowest BCUT2D eigenvalue weighted by atomic mass is 10.3. The van der Waals surface area contributed by atoms with E-state index in [0.29, 0.717) is 12.2 Å². The molecule has 0 bridgehead atoms. The van der Waals surface area contributed by atoms with E-state index in [0.717, 1.165) is 0 Å². The highest BCUT2D eigenvalue weighted by atomic mass is 32.2. The van der Waals surface area contributed by atoms with E-state index in [1.165, 1.54) is 11.8 Å². The van der Waals surface area contributed by atoms with Gasteiger partial charge < -0.3 is 5.11 Å². The summed E-state index contributed by atoms with van der Waals surface area (Å²) in [5.41, 5.74) is 0. The zero-order chi connectivity index (χ0) is 13.0. The third-order valence-corrected chi connectivity index (χ3v) is 6.49. The van der Waals surface area contributed by atoms with Gasteiger partial charge in [-0.3, -0.25) is 4.79 Å². The molecule has 0 aromatic carbocycles. The van der Waals surface area contributed by atoms with E-state index in [1.807, 2.05) is 0 Å². The zero-order valence-corrected chi connectivity index (χ0v) is 11.8. The Bertz CT molecular complexity index is 327. The molecular formula is C10H20O4S2. The third-order valence-electron chi connectivity index (χ3n) is 2.25. The van der Waals surface area contributed by atoms with Crippen LogP contribution in [0.2, 0.25) is 0 Å². The van der Waals surface area contributed by atoms with Crippen LogP contribution < -0.4 is 0 Å². The summed E-state index contributed by atoms with van der Waals surface area (Å²) in [4.78, 5) is 10.7. The topological polar surface area (TPSA) is 71.4 Å². The number of aliphatic carboxylic acids is 1. The highest BCUT2D eigenvalue weighted by Gasteiger charge is 2.29. The molecule has 0 saturated carbocycles. The Balaban J connectivity index is 4.24. The number of carbonyl (C=O) groups is 1. The molecule has 4 nitrogen and oxygen atoms in total. The molecule has 1 atom stereocenters. The maximum Gasteiger partial charge on any atom is 0.316 e. The lowest BCUT2D eigenvalue weighted by Crippen LogP contribution is -2.31. The number of hydrogen-bond acceptors (Lipinski definition) is 4. The second-order valence-corrected chi connectivity index (χ2v) is 8.71. The van der Waals surface area contributed by atoms with Gasteiger partial charge in [-0.1, -0.05) is 6.92 Å². The van der Waals surface area contributed by atoms with Gasteiger partial charge in [-0.15, -0.1) is 11.8 Å². The van der Waals surface area contributed by atoms with Gasteiger partial charge in [0.2, 0.25) is 0 Å². The average Bonchev–Trinajstić information content (AvgIpc) is 2.09. The molecule has 6 heteroatoms. The van der Waals surface area contributed by atoms with Crippen LogP contribution in [0.1, 0.15) is 34.1 Å². The van der Waals surface area contributed by atoms with Crippen molar-refractivity contribution < 1.29 is 18.3 Å². The Morgan fingerprint density at radius 1 is 1.38 bits per heavy atom. The summed E-state index contributed by atoms with van der Waals surface area (Å²) in [7, 11) is -3.14. The first-order valence-electron chi connectivity index (χ1n) is 5.18. The Labute approximate surface area is 102 Å². The molecule has 96 valence electrons. The predicted octanol–water partition coefficient (Wildman–Crippen LogP) is 1.80. The molecule has 0 aliphatic heterocycles. The van der Waals surface area contributed by atoms with Gasteiger partial charge in [-0.05, 0) is 27.2 Å².